The Bertz CT molecular complexity index is 1220. The van der Waals surface area contributed by atoms with Crippen molar-refractivity contribution in [3.63, 3.8) is 0 Å². The maximum absolute atomic E-state index is 12.8. The predicted molar refractivity (Wildman–Crippen MR) is 150 cm³/mol. The topological polar surface area (TPSA) is 93.6 Å². The van der Waals surface area contributed by atoms with Crippen molar-refractivity contribution >= 4 is 23.5 Å². The highest BCUT2D eigenvalue weighted by Gasteiger charge is 2.28. The predicted octanol–water partition coefficient (Wildman–Crippen LogP) is 5.79. The molecule has 1 aromatic heterocycles. The van der Waals surface area contributed by atoms with Crippen LogP contribution in [0.2, 0.25) is 0 Å². The largest absolute Gasteiger partial charge is 0.490 e. The monoisotopic (exact) mass is 528 g/mol. The number of esters is 1. The third-order valence-corrected chi connectivity index (χ3v) is 7.78. The molecule has 2 aliphatic carbocycles. The zero-order valence-corrected chi connectivity index (χ0v) is 22.4. The van der Waals surface area contributed by atoms with Crippen LogP contribution in [0, 0.1) is 5.92 Å². The van der Waals surface area contributed by atoms with E-state index in [1.165, 1.54) is 25.5 Å². The molecule has 0 bridgehead atoms. The first kappa shape index (κ1) is 26.7. The molecule has 0 atom stereocenters. The lowest BCUT2D eigenvalue weighted by Crippen LogP contribution is -2.33. The number of methoxy groups -OCH3 is 1. The van der Waals surface area contributed by atoms with Crippen LogP contribution in [0.15, 0.2) is 66.7 Å². The molecule has 1 amide bonds. The van der Waals surface area contributed by atoms with Crippen molar-refractivity contribution in [1.29, 1.82) is 0 Å². The number of hydrogen-bond donors (Lipinski definition) is 1. The highest BCUT2D eigenvalue weighted by Crippen LogP contribution is 2.30. The van der Waals surface area contributed by atoms with Crippen LogP contribution in [0.4, 0.5) is 11.6 Å². The second-order valence-corrected chi connectivity index (χ2v) is 10.4. The molecule has 0 aliphatic heterocycles. The van der Waals surface area contributed by atoms with Gasteiger partial charge in [-0.2, -0.15) is 0 Å². The van der Waals surface area contributed by atoms with E-state index in [1.54, 1.807) is 24.3 Å². The standard InChI is InChI=1S/C31H36N4O4/c1-38-31(37)24-13-17-27(18-14-24)39-26-15-11-23(12-16-26)30(36)32-28-19-20-29(34-33-28)35(25-9-5-6-10-25)21-22-7-3-2-4-8-22/h2-4,7-8,11-12,15-16,19-20,24-25,27H,5-6,9-10,13-14,17-18,21H2,1H3,(H,32,33,36)/t24-,27+. The fourth-order valence-corrected chi connectivity index (χ4v) is 5.59. The Labute approximate surface area is 229 Å². The molecular formula is C31H36N4O4. The first-order chi connectivity index (χ1) is 19.1. The number of aromatic nitrogens is 2. The van der Waals surface area contributed by atoms with E-state index < -0.39 is 0 Å². The molecule has 0 saturated heterocycles. The van der Waals surface area contributed by atoms with Crippen molar-refractivity contribution in [3.05, 3.63) is 77.9 Å². The molecule has 3 aromatic rings. The van der Waals surface area contributed by atoms with Gasteiger partial charge in [0.15, 0.2) is 11.6 Å². The molecule has 39 heavy (non-hydrogen) atoms. The summed E-state index contributed by atoms with van der Waals surface area (Å²) >= 11 is 0. The summed E-state index contributed by atoms with van der Waals surface area (Å²) in [5, 5.41) is 11.6. The number of nitrogens with one attached hydrogen (secondary N) is 1. The molecule has 8 heteroatoms. The lowest BCUT2D eigenvalue weighted by atomic mass is 9.87. The fraction of sp³-hybridized carbons (Fsp3) is 0.419. The highest BCUT2D eigenvalue weighted by molar-refractivity contribution is 6.03. The van der Waals surface area contributed by atoms with Gasteiger partial charge in [-0.3, -0.25) is 9.59 Å². The molecule has 204 valence electrons. The smallest absolute Gasteiger partial charge is 0.308 e. The summed E-state index contributed by atoms with van der Waals surface area (Å²) in [6, 6.07) is 21.7. The Morgan fingerprint density at radius 3 is 2.23 bits per heavy atom. The first-order valence-corrected chi connectivity index (χ1v) is 13.9. The summed E-state index contributed by atoms with van der Waals surface area (Å²) in [4.78, 5) is 26.9. The second kappa shape index (κ2) is 12.7. The average molecular weight is 529 g/mol. The zero-order valence-electron chi connectivity index (χ0n) is 22.4. The van der Waals surface area contributed by atoms with Gasteiger partial charge < -0.3 is 19.7 Å². The molecule has 1 heterocycles. The summed E-state index contributed by atoms with van der Waals surface area (Å²) in [7, 11) is 1.43. The van der Waals surface area contributed by atoms with Crippen LogP contribution in [0.5, 0.6) is 5.75 Å². The van der Waals surface area contributed by atoms with Gasteiger partial charge in [0.1, 0.15) is 5.75 Å². The van der Waals surface area contributed by atoms with E-state index in [-0.39, 0.29) is 23.9 Å². The summed E-state index contributed by atoms with van der Waals surface area (Å²) in [5.41, 5.74) is 1.75. The Morgan fingerprint density at radius 2 is 1.59 bits per heavy atom. The number of benzene rings is 2. The average Bonchev–Trinajstić information content (AvgIpc) is 3.52. The lowest BCUT2D eigenvalue weighted by Gasteiger charge is -2.30. The number of hydrogen-bond acceptors (Lipinski definition) is 7. The minimum Gasteiger partial charge on any atom is -0.490 e. The molecular weight excluding hydrogens is 492 g/mol. The van der Waals surface area contributed by atoms with Crippen molar-refractivity contribution < 1.29 is 19.1 Å². The van der Waals surface area contributed by atoms with Gasteiger partial charge in [0.05, 0.1) is 19.1 Å². The summed E-state index contributed by atoms with van der Waals surface area (Å²) in [5.74, 6) is 1.53. The highest BCUT2D eigenvalue weighted by atomic mass is 16.5. The van der Waals surface area contributed by atoms with E-state index in [1.807, 2.05) is 18.2 Å². The molecule has 2 saturated carbocycles. The first-order valence-electron chi connectivity index (χ1n) is 13.9. The van der Waals surface area contributed by atoms with Crippen LogP contribution in [-0.2, 0) is 16.1 Å². The van der Waals surface area contributed by atoms with Gasteiger partial charge in [-0.15, -0.1) is 10.2 Å². The zero-order chi connectivity index (χ0) is 27.0. The number of amides is 1. The van der Waals surface area contributed by atoms with E-state index >= 15 is 0 Å². The Morgan fingerprint density at radius 1 is 0.872 bits per heavy atom. The van der Waals surface area contributed by atoms with Gasteiger partial charge in [-0.05, 0) is 80.5 Å². The molecule has 0 spiro atoms. The summed E-state index contributed by atoms with van der Waals surface area (Å²) < 4.78 is 10.9. The van der Waals surface area contributed by atoms with E-state index in [0.29, 0.717) is 23.2 Å². The van der Waals surface area contributed by atoms with Gasteiger partial charge in [-0.1, -0.05) is 43.2 Å². The molecule has 1 N–H and O–H groups in total. The number of ether oxygens (including phenoxy) is 2. The van der Waals surface area contributed by atoms with Crippen LogP contribution in [0.1, 0.15) is 67.3 Å². The van der Waals surface area contributed by atoms with E-state index in [0.717, 1.165) is 50.9 Å². The third-order valence-electron chi connectivity index (χ3n) is 7.78. The number of carbonyl (C=O) groups excluding carboxylic acids is 2. The van der Waals surface area contributed by atoms with Crippen molar-refractivity contribution in [1.82, 2.24) is 10.2 Å². The summed E-state index contributed by atoms with van der Waals surface area (Å²) in [6.07, 6.45) is 7.98. The number of anilines is 2. The fourth-order valence-electron chi connectivity index (χ4n) is 5.59. The molecule has 2 aliphatic rings. The normalized spacial score (nSPS) is 19.3. The second-order valence-electron chi connectivity index (χ2n) is 10.4. The van der Waals surface area contributed by atoms with Gasteiger partial charge in [0.2, 0.25) is 0 Å². The van der Waals surface area contributed by atoms with E-state index in [2.05, 4.69) is 44.7 Å². The molecule has 0 radical (unpaired) electrons. The molecule has 2 fully saturated rings. The number of rotatable bonds is 9. The van der Waals surface area contributed by atoms with Crippen LogP contribution >= 0.6 is 0 Å². The van der Waals surface area contributed by atoms with Gasteiger partial charge >= 0.3 is 5.97 Å². The molecule has 8 nitrogen and oxygen atoms in total. The van der Waals surface area contributed by atoms with Gasteiger partial charge in [0, 0.05) is 18.2 Å². The van der Waals surface area contributed by atoms with Crippen molar-refractivity contribution in [2.24, 2.45) is 5.92 Å². The van der Waals surface area contributed by atoms with Crippen molar-refractivity contribution in [2.75, 3.05) is 17.3 Å². The van der Waals surface area contributed by atoms with Crippen LogP contribution in [0.3, 0.4) is 0 Å². The van der Waals surface area contributed by atoms with Crippen molar-refractivity contribution in [2.45, 2.75) is 70.1 Å². The number of carbonyl (C=O) groups is 2. The van der Waals surface area contributed by atoms with Crippen molar-refractivity contribution in [3.8, 4) is 5.75 Å². The Kier molecular flexibility index (Phi) is 8.71. The quantitative estimate of drug-likeness (QED) is 0.351. The number of nitrogens with zero attached hydrogens (tertiary/aromatic N) is 3. The molecule has 5 rings (SSSR count). The third kappa shape index (κ3) is 6.93. The van der Waals surface area contributed by atoms with Crippen LogP contribution < -0.4 is 15.0 Å². The molecule has 0 unspecified atom stereocenters. The van der Waals surface area contributed by atoms with Crippen LogP contribution in [0.25, 0.3) is 0 Å². The maximum Gasteiger partial charge on any atom is 0.308 e. The van der Waals surface area contributed by atoms with Gasteiger partial charge in [-0.25, -0.2) is 0 Å². The van der Waals surface area contributed by atoms with Crippen LogP contribution in [-0.4, -0.2) is 41.3 Å². The Hall–Kier alpha value is -3.94. The van der Waals surface area contributed by atoms with E-state index in [4.69, 9.17) is 9.47 Å². The summed E-state index contributed by atoms with van der Waals surface area (Å²) in [6.45, 7) is 0.785. The SMILES string of the molecule is COC(=O)[C@H]1CC[C@@H](Oc2ccc(C(=O)Nc3ccc(N(Cc4ccccc4)C4CCCC4)nn3)cc2)CC1. The molecule has 2 aromatic carbocycles. The van der Waals surface area contributed by atoms with E-state index in [9.17, 15) is 9.59 Å². The Balaban J connectivity index is 1.16. The minimum atomic E-state index is -0.251. The maximum atomic E-state index is 12.8. The minimum absolute atomic E-state index is 0.0345. The lowest BCUT2D eigenvalue weighted by molar-refractivity contribution is -0.147. The van der Waals surface area contributed by atoms with Gasteiger partial charge in [0.25, 0.3) is 5.91 Å².